The predicted octanol–water partition coefficient (Wildman–Crippen LogP) is 2.40. The largest absolute Gasteiger partial charge is 0.365 e. The molecule has 0 spiro atoms. The average Bonchev–Trinajstić information content (AvgIpc) is 3.29. The topological polar surface area (TPSA) is 107 Å². The summed E-state index contributed by atoms with van der Waals surface area (Å²) < 4.78 is 1.66. The van der Waals surface area contributed by atoms with Crippen LogP contribution in [0.4, 0.5) is 5.82 Å². The first-order valence-electron chi connectivity index (χ1n) is 8.67. The lowest BCUT2D eigenvalue weighted by atomic mass is 10.2. The number of nitrogens with two attached hydrogens (primary N) is 1. The van der Waals surface area contributed by atoms with E-state index in [9.17, 15) is 0 Å². The maximum absolute atomic E-state index is 5.71. The number of nitrogens with zero attached hydrogens (tertiary/aromatic N) is 6. The van der Waals surface area contributed by atoms with Crippen molar-refractivity contribution < 1.29 is 0 Å². The van der Waals surface area contributed by atoms with E-state index in [1.54, 1.807) is 28.5 Å². The Labute approximate surface area is 160 Å². The molecule has 0 aliphatic carbocycles. The van der Waals surface area contributed by atoms with Crippen molar-refractivity contribution in [2.24, 2.45) is 5.73 Å². The summed E-state index contributed by atoms with van der Waals surface area (Å²) in [6.07, 6.45) is 5.53. The van der Waals surface area contributed by atoms with Crippen LogP contribution < -0.4 is 11.1 Å². The van der Waals surface area contributed by atoms with Crippen LogP contribution in [0.3, 0.4) is 0 Å². The highest BCUT2D eigenvalue weighted by atomic mass is 32.1. The first-order valence-corrected chi connectivity index (χ1v) is 9.48. The molecule has 0 atom stereocenters. The monoisotopic (exact) mass is 380 g/mol. The lowest BCUT2D eigenvalue weighted by Crippen LogP contribution is -2.11. The van der Waals surface area contributed by atoms with Crippen molar-refractivity contribution in [2.45, 2.75) is 26.8 Å². The Kier molecular flexibility index (Phi) is 4.78. The third-order valence-electron chi connectivity index (χ3n) is 4.39. The zero-order valence-electron chi connectivity index (χ0n) is 15.2. The summed E-state index contributed by atoms with van der Waals surface area (Å²) >= 11 is 1.69. The zero-order chi connectivity index (χ0) is 18.8. The second kappa shape index (κ2) is 7.37. The molecule has 138 valence electrons. The predicted molar refractivity (Wildman–Crippen MR) is 106 cm³/mol. The van der Waals surface area contributed by atoms with E-state index < -0.39 is 0 Å². The Morgan fingerprint density at radius 1 is 1.26 bits per heavy atom. The third-order valence-corrected chi connectivity index (χ3v) is 5.49. The van der Waals surface area contributed by atoms with E-state index in [4.69, 9.17) is 10.7 Å². The number of nitrogens with one attached hydrogen (secondary N) is 1. The molecular formula is C18H20N8S. The molecule has 27 heavy (non-hydrogen) atoms. The summed E-state index contributed by atoms with van der Waals surface area (Å²) in [5.41, 5.74) is 7.92. The summed E-state index contributed by atoms with van der Waals surface area (Å²) in [6, 6.07) is 3.93. The van der Waals surface area contributed by atoms with Crippen molar-refractivity contribution in [3.05, 3.63) is 52.8 Å². The minimum atomic E-state index is 0.521. The normalized spacial score (nSPS) is 11.2. The van der Waals surface area contributed by atoms with Crippen LogP contribution in [0.5, 0.6) is 0 Å². The third kappa shape index (κ3) is 3.38. The molecule has 0 bridgehead atoms. The Bertz CT molecular complexity index is 1070. The Morgan fingerprint density at radius 2 is 2.15 bits per heavy atom. The number of hydrogen-bond acceptors (Lipinski definition) is 8. The second-order valence-electron chi connectivity index (χ2n) is 6.17. The minimum absolute atomic E-state index is 0.521. The van der Waals surface area contributed by atoms with Crippen molar-refractivity contribution in [2.75, 3.05) is 11.9 Å². The average molecular weight is 380 g/mol. The van der Waals surface area contributed by atoms with Crippen molar-refractivity contribution in [1.82, 2.24) is 29.7 Å². The Morgan fingerprint density at radius 3 is 2.93 bits per heavy atom. The lowest BCUT2D eigenvalue weighted by molar-refractivity contribution is 0.826. The van der Waals surface area contributed by atoms with Gasteiger partial charge in [0, 0.05) is 29.6 Å². The summed E-state index contributed by atoms with van der Waals surface area (Å²) in [7, 11) is 0. The highest BCUT2D eigenvalue weighted by Gasteiger charge is 2.15. The van der Waals surface area contributed by atoms with E-state index in [0.717, 1.165) is 33.2 Å². The van der Waals surface area contributed by atoms with Crippen LogP contribution in [-0.2, 0) is 13.0 Å². The van der Waals surface area contributed by atoms with Crippen molar-refractivity contribution in [3.8, 4) is 5.82 Å². The highest BCUT2D eigenvalue weighted by Crippen LogP contribution is 2.33. The first kappa shape index (κ1) is 17.5. The fourth-order valence-electron chi connectivity index (χ4n) is 2.93. The molecule has 0 aromatic carbocycles. The molecule has 3 N–H and O–H groups in total. The van der Waals surface area contributed by atoms with Gasteiger partial charge in [-0.25, -0.2) is 24.6 Å². The molecular weight excluding hydrogens is 360 g/mol. The van der Waals surface area contributed by atoms with Gasteiger partial charge in [0.25, 0.3) is 0 Å². The smallest absolute Gasteiger partial charge is 0.160 e. The fraction of sp³-hybridized carbons (Fsp3) is 0.278. The van der Waals surface area contributed by atoms with Gasteiger partial charge in [-0.3, -0.25) is 0 Å². The molecule has 0 aliphatic rings. The molecule has 4 aromatic heterocycles. The van der Waals surface area contributed by atoms with Crippen molar-refractivity contribution in [3.63, 3.8) is 0 Å². The van der Waals surface area contributed by atoms with E-state index in [0.29, 0.717) is 19.5 Å². The molecule has 0 radical (unpaired) electrons. The van der Waals surface area contributed by atoms with Crippen molar-refractivity contribution in [1.29, 1.82) is 0 Å². The van der Waals surface area contributed by atoms with E-state index in [1.165, 1.54) is 16.8 Å². The number of hydrogen-bond donors (Lipinski definition) is 2. The standard InChI is InChI=1S/C18H20N8S/c1-11-12(2)27-18-15(11)16(24-14(25-18)5-6-19)22-8-13-4-3-7-21-17(13)26-10-20-9-23-26/h3-4,7,9-10H,5-6,8,19H2,1-2H3,(H,22,24,25). The molecule has 0 aliphatic heterocycles. The Balaban J connectivity index is 1.70. The number of fused-ring (bicyclic) bond motifs is 1. The molecule has 4 rings (SSSR count). The van der Waals surface area contributed by atoms with Gasteiger partial charge < -0.3 is 11.1 Å². The van der Waals surface area contributed by atoms with Crippen LogP contribution in [0.15, 0.2) is 31.0 Å². The number of aromatic nitrogens is 6. The van der Waals surface area contributed by atoms with Gasteiger partial charge in [-0.15, -0.1) is 11.3 Å². The van der Waals surface area contributed by atoms with Crippen LogP contribution in [0.1, 0.15) is 21.8 Å². The molecule has 4 aromatic rings. The molecule has 0 fully saturated rings. The highest BCUT2D eigenvalue weighted by molar-refractivity contribution is 7.18. The minimum Gasteiger partial charge on any atom is -0.365 e. The summed E-state index contributed by atoms with van der Waals surface area (Å²) in [5, 5.41) is 8.73. The van der Waals surface area contributed by atoms with Crippen LogP contribution in [0, 0.1) is 13.8 Å². The van der Waals surface area contributed by atoms with E-state index in [2.05, 4.69) is 39.2 Å². The van der Waals surface area contributed by atoms with Crippen LogP contribution in [0.25, 0.3) is 16.0 Å². The number of pyridine rings is 1. The molecule has 0 amide bonds. The van der Waals surface area contributed by atoms with Crippen LogP contribution in [0.2, 0.25) is 0 Å². The SMILES string of the molecule is Cc1sc2nc(CCN)nc(NCc3cccnc3-n3cncn3)c2c1C. The van der Waals surface area contributed by atoms with Gasteiger partial charge in [0.15, 0.2) is 5.82 Å². The summed E-state index contributed by atoms with van der Waals surface area (Å²) in [5.74, 6) is 2.34. The summed E-state index contributed by atoms with van der Waals surface area (Å²) in [6.45, 7) is 5.30. The van der Waals surface area contributed by atoms with Gasteiger partial charge in [-0.05, 0) is 32.0 Å². The molecule has 9 heteroatoms. The van der Waals surface area contributed by atoms with Gasteiger partial charge in [0.2, 0.25) is 0 Å². The molecule has 0 unspecified atom stereocenters. The fourth-order valence-corrected chi connectivity index (χ4v) is 3.98. The van der Waals surface area contributed by atoms with Gasteiger partial charge in [-0.2, -0.15) is 5.10 Å². The number of rotatable bonds is 6. The number of anilines is 1. The van der Waals surface area contributed by atoms with E-state index >= 15 is 0 Å². The summed E-state index contributed by atoms with van der Waals surface area (Å²) in [4.78, 5) is 20.1. The maximum atomic E-state index is 5.71. The van der Waals surface area contributed by atoms with Gasteiger partial charge in [0.1, 0.15) is 29.1 Å². The lowest BCUT2D eigenvalue weighted by Gasteiger charge is -2.12. The molecule has 0 saturated heterocycles. The maximum Gasteiger partial charge on any atom is 0.160 e. The van der Waals surface area contributed by atoms with Gasteiger partial charge in [0.05, 0.1) is 5.39 Å². The second-order valence-corrected chi connectivity index (χ2v) is 7.37. The van der Waals surface area contributed by atoms with Crippen LogP contribution in [-0.4, -0.2) is 36.3 Å². The number of thiophene rings is 1. The van der Waals surface area contributed by atoms with E-state index in [1.807, 2.05) is 12.1 Å². The van der Waals surface area contributed by atoms with E-state index in [-0.39, 0.29) is 0 Å². The molecule has 8 nitrogen and oxygen atoms in total. The molecule has 0 saturated carbocycles. The van der Waals surface area contributed by atoms with Gasteiger partial charge in [-0.1, -0.05) is 6.07 Å². The van der Waals surface area contributed by atoms with Gasteiger partial charge >= 0.3 is 0 Å². The number of aryl methyl sites for hydroxylation is 2. The van der Waals surface area contributed by atoms with Crippen molar-refractivity contribution >= 4 is 27.4 Å². The zero-order valence-corrected chi connectivity index (χ0v) is 16.0. The molecule has 4 heterocycles. The first-order chi connectivity index (χ1) is 13.2. The Hall–Kier alpha value is -2.91. The van der Waals surface area contributed by atoms with Crippen LogP contribution >= 0.6 is 11.3 Å². The quantitative estimate of drug-likeness (QED) is 0.529.